The normalized spacial score (nSPS) is 23.6. The molecular formula is C24H28FN3O3S2. The first-order valence-corrected chi connectivity index (χ1v) is 14.1. The fourth-order valence-electron chi connectivity index (χ4n) is 5.25. The van der Waals surface area contributed by atoms with Crippen LogP contribution in [0.2, 0.25) is 0 Å². The molecule has 0 spiro atoms. The summed E-state index contributed by atoms with van der Waals surface area (Å²) in [5, 5.41) is 0.502. The van der Waals surface area contributed by atoms with Gasteiger partial charge in [-0.25, -0.2) is 22.5 Å². The summed E-state index contributed by atoms with van der Waals surface area (Å²) >= 11 is 1.33. The Kier molecular flexibility index (Phi) is 6.39. The first-order valence-electron chi connectivity index (χ1n) is 11.4. The topological polar surface area (TPSA) is 71.5 Å². The number of thiazole rings is 1. The Morgan fingerprint density at radius 3 is 2.58 bits per heavy atom. The van der Waals surface area contributed by atoms with Crippen molar-refractivity contribution in [3.05, 3.63) is 53.8 Å². The molecule has 0 amide bonds. The van der Waals surface area contributed by atoms with E-state index in [1.807, 2.05) is 12.1 Å². The Morgan fingerprint density at radius 1 is 1.15 bits per heavy atom. The van der Waals surface area contributed by atoms with Crippen molar-refractivity contribution in [1.29, 1.82) is 0 Å². The van der Waals surface area contributed by atoms with E-state index in [1.165, 1.54) is 41.7 Å². The Hall–Kier alpha value is -2.07. The van der Waals surface area contributed by atoms with Crippen molar-refractivity contribution in [1.82, 2.24) is 14.6 Å². The number of ether oxygens (including phenoxy) is 1. The molecule has 5 rings (SSSR count). The van der Waals surface area contributed by atoms with Crippen LogP contribution in [0.5, 0.6) is 10.9 Å². The number of nitrogens with zero attached hydrogens (tertiary/aromatic N) is 2. The largest absolute Gasteiger partial charge is 0.431 e. The van der Waals surface area contributed by atoms with E-state index in [0.29, 0.717) is 23.0 Å². The van der Waals surface area contributed by atoms with Gasteiger partial charge in [-0.15, -0.1) is 0 Å². The highest BCUT2D eigenvalue weighted by molar-refractivity contribution is 7.88. The Balaban J connectivity index is 1.18. The van der Waals surface area contributed by atoms with Crippen LogP contribution >= 0.6 is 11.3 Å². The maximum Gasteiger partial charge on any atom is 0.279 e. The fraction of sp³-hybridized carbons (Fsp3) is 0.458. The molecule has 3 aromatic rings. The highest BCUT2D eigenvalue weighted by Gasteiger charge is 2.38. The van der Waals surface area contributed by atoms with E-state index in [1.54, 1.807) is 6.07 Å². The maximum atomic E-state index is 13.4. The summed E-state index contributed by atoms with van der Waals surface area (Å²) in [6.07, 6.45) is 7.47. The van der Waals surface area contributed by atoms with Crippen molar-refractivity contribution in [2.45, 2.75) is 56.7 Å². The zero-order chi connectivity index (χ0) is 23.0. The minimum atomic E-state index is -3.16. The van der Waals surface area contributed by atoms with Gasteiger partial charge in [-0.3, -0.25) is 4.90 Å². The molecule has 6 nitrogen and oxygen atoms in total. The number of sulfonamides is 1. The Labute approximate surface area is 197 Å². The third-order valence-corrected chi connectivity index (χ3v) is 8.28. The van der Waals surface area contributed by atoms with Crippen LogP contribution in [0.25, 0.3) is 10.2 Å². The van der Waals surface area contributed by atoms with E-state index >= 15 is 0 Å². The summed E-state index contributed by atoms with van der Waals surface area (Å²) in [7, 11) is -3.16. The van der Waals surface area contributed by atoms with Crippen molar-refractivity contribution in [3.63, 3.8) is 0 Å². The number of hydrogen-bond acceptors (Lipinski definition) is 6. The van der Waals surface area contributed by atoms with E-state index in [2.05, 4.69) is 26.7 Å². The van der Waals surface area contributed by atoms with Gasteiger partial charge in [-0.05, 0) is 68.0 Å². The van der Waals surface area contributed by atoms with Crippen LogP contribution in [-0.2, 0) is 16.4 Å². The van der Waals surface area contributed by atoms with E-state index in [4.69, 9.17) is 4.74 Å². The lowest BCUT2D eigenvalue weighted by molar-refractivity contribution is 0.0298. The minimum absolute atomic E-state index is 0.0574. The maximum absolute atomic E-state index is 13.4. The second kappa shape index (κ2) is 9.29. The number of nitrogens with one attached hydrogen (secondary N) is 1. The zero-order valence-electron chi connectivity index (χ0n) is 18.5. The number of hydrogen-bond donors (Lipinski definition) is 1. The SMILES string of the molecule is CS(=O)(=O)NC1C[C@H]2CCC[C@@H](C1)N2CCc1ccc(Oc2nc3ccc(F)cc3s2)cc1. The van der Waals surface area contributed by atoms with Crippen molar-refractivity contribution < 1.29 is 17.5 Å². The van der Waals surface area contributed by atoms with Crippen LogP contribution in [0, 0.1) is 5.82 Å². The summed E-state index contributed by atoms with van der Waals surface area (Å²) in [6.45, 7) is 0.977. The van der Waals surface area contributed by atoms with Gasteiger partial charge in [0.25, 0.3) is 5.19 Å². The van der Waals surface area contributed by atoms with E-state index < -0.39 is 10.0 Å². The Morgan fingerprint density at radius 2 is 1.88 bits per heavy atom. The second-order valence-corrected chi connectivity index (χ2v) is 11.9. The summed E-state index contributed by atoms with van der Waals surface area (Å²) in [5.41, 5.74) is 1.97. The number of piperidine rings is 2. The van der Waals surface area contributed by atoms with Gasteiger partial charge in [0.2, 0.25) is 10.0 Å². The van der Waals surface area contributed by atoms with Crippen LogP contribution in [0.4, 0.5) is 4.39 Å². The lowest BCUT2D eigenvalue weighted by Crippen LogP contribution is -2.57. The monoisotopic (exact) mass is 489 g/mol. The molecule has 2 saturated heterocycles. The number of halogens is 1. The molecule has 0 radical (unpaired) electrons. The smallest absolute Gasteiger partial charge is 0.279 e. The van der Waals surface area contributed by atoms with Gasteiger partial charge >= 0.3 is 0 Å². The summed E-state index contributed by atoms with van der Waals surface area (Å²) in [4.78, 5) is 7.00. The van der Waals surface area contributed by atoms with Gasteiger partial charge in [0.05, 0.1) is 16.5 Å². The highest BCUT2D eigenvalue weighted by Crippen LogP contribution is 2.35. The van der Waals surface area contributed by atoms with Crippen LogP contribution in [-0.4, -0.2) is 49.2 Å². The van der Waals surface area contributed by atoms with E-state index in [0.717, 1.165) is 48.9 Å². The molecule has 176 valence electrons. The summed E-state index contributed by atoms with van der Waals surface area (Å²) in [5.74, 6) is 0.435. The molecule has 3 atom stereocenters. The lowest BCUT2D eigenvalue weighted by atomic mass is 9.82. The molecule has 2 fully saturated rings. The predicted octanol–water partition coefficient (Wildman–Crippen LogP) is 4.70. The van der Waals surface area contributed by atoms with E-state index in [9.17, 15) is 12.8 Å². The third kappa shape index (κ3) is 5.54. The molecule has 2 aliphatic heterocycles. The second-order valence-electron chi connectivity index (χ2n) is 9.12. The number of fused-ring (bicyclic) bond motifs is 3. The van der Waals surface area contributed by atoms with Crippen molar-refractivity contribution in [2.24, 2.45) is 0 Å². The van der Waals surface area contributed by atoms with Gasteiger partial charge in [0.1, 0.15) is 11.6 Å². The van der Waals surface area contributed by atoms with Gasteiger partial charge in [-0.1, -0.05) is 29.9 Å². The molecule has 1 aromatic heterocycles. The molecule has 9 heteroatoms. The van der Waals surface area contributed by atoms with Gasteiger partial charge in [0, 0.05) is 24.7 Å². The third-order valence-electron chi connectivity index (χ3n) is 6.62. The van der Waals surface area contributed by atoms with Gasteiger partial charge in [-0.2, -0.15) is 0 Å². The molecule has 1 unspecified atom stereocenters. The number of benzene rings is 2. The molecule has 0 aliphatic carbocycles. The van der Waals surface area contributed by atoms with Crippen molar-refractivity contribution in [3.8, 4) is 10.9 Å². The summed E-state index contributed by atoms with van der Waals surface area (Å²) in [6, 6.07) is 13.5. The molecule has 2 bridgehead atoms. The van der Waals surface area contributed by atoms with Crippen molar-refractivity contribution in [2.75, 3.05) is 12.8 Å². The molecule has 33 heavy (non-hydrogen) atoms. The van der Waals surface area contributed by atoms with Crippen LogP contribution < -0.4 is 9.46 Å². The number of aromatic nitrogens is 1. The standard InChI is InChI=1S/C24H28FN3O3S2/c1-33(29,30)27-18-14-19-3-2-4-20(15-18)28(19)12-11-16-5-8-21(9-6-16)31-24-26-22-10-7-17(25)13-23(22)32-24/h5-10,13,18-20,27H,2-4,11-12,14-15H2,1H3/t18?,19-,20+. The minimum Gasteiger partial charge on any atom is -0.431 e. The first kappa shape index (κ1) is 22.7. The van der Waals surface area contributed by atoms with Gasteiger partial charge in [0.15, 0.2) is 0 Å². The van der Waals surface area contributed by atoms with Gasteiger partial charge < -0.3 is 4.74 Å². The molecule has 2 aromatic carbocycles. The fourth-order valence-corrected chi connectivity index (χ4v) is 6.90. The Bertz CT molecular complexity index is 1220. The molecule has 3 heterocycles. The molecule has 2 aliphatic rings. The molecular weight excluding hydrogens is 461 g/mol. The zero-order valence-corrected chi connectivity index (χ0v) is 20.2. The van der Waals surface area contributed by atoms with Crippen LogP contribution in [0.3, 0.4) is 0 Å². The van der Waals surface area contributed by atoms with Crippen LogP contribution in [0.15, 0.2) is 42.5 Å². The van der Waals surface area contributed by atoms with Crippen molar-refractivity contribution >= 4 is 31.6 Å². The first-order chi connectivity index (χ1) is 15.8. The average Bonchev–Trinajstić information content (AvgIpc) is 3.13. The highest BCUT2D eigenvalue weighted by atomic mass is 32.2. The predicted molar refractivity (Wildman–Crippen MR) is 129 cm³/mol. The molecule has 0 saturated carbocycles. The quantitative estimate of drug-likeness (QED) is 0.521. The van der Waals surface area contributed by atoms with Crippen LogP contribution in [0.1, 0.15) is 37.7 Å². The number of rotatable bonds is 7. The average molecular weight is 490 g/mol. The summed E-state index contributed by atoms with van der Waals surface area (Å²) < 4.78 is 46.2. The lowest BCUT2D eigenvalue weighted by Gasteiger charge is -2.49. The van der Waals surface area contributed by atoms with E-state index in [-0.39, 0.29) is 11.9 Å². The molecule has 1 N–H and O–H groups in total.